The fourth-order valence-electron chi connectivity index (χ4n) is 4.65. The van der Waals surface area contributed by atoms with Crippen molar-refractivity contribution < 1.29 is 19.4 Å². The largest absolute Gasteiger partial charge is 0.504 e. The van der Waals surface area contributed by atoms with Crippen LogP contribution in [0.1, 0.15) is 93.8 Å². The zero-order valence-corrected chi connectivity index (χ0v) is 17.0. The van der Waals surface area contributed by atoms with Crippen molar-refractivity contribution in [3.05, 3.63) is 23.0 Å². The first-order valence-electron chi connectivity index (χ1n) is 10.3. The van der Waals surface area contributed by atoms with E-state index >= 15 is 0 Å². The third kappa shape index (κ3) is 3.59. The summed E-state index contributed by atoms with van der Waals surface area (Å²) >= 11 is 0. The van der Waals surface area contributed by atoms with Gasteiger partial charge in [-0.05, 0) is 43.1 Å². The first-order valence-corrected chi connectivity index (χ1v) is 10.3. The Balaban J connectivity index is 2.05. The number of unbranched alkanes of at least 4 members (excludes halogenated alkanes) is 2. The number of aromatic hydroxyl groups is 2. The summed E-state index contributed by atoms with van der Waals surface area (Å²) < 4.78 is 6.10. The van der Waals surface area contributed by atoms with Crippen molar-refractivity contribution >= 4 is 17.3 Å². The van der Waals surface area contributed by atoms with Crippen LogP contribution in [0.25, 0.3) is 11.0 Å². The van der Waals surface area contributed by atoms with E-state index in [-0.39, 0.29) is 22.6 Å². The van der Waals surface area contributed by atoms with E-state index in [9.17, 15) is 15.0 Å². The number of rotatable bonds is 6. The molecule has 1 aromatic carbocycles. The number of furan rings is 1. The van der Waals surface area contributed by atoms with Crippen molar-refractivity contribution in [2.24, 2.45) is 11.3 Å². The van der Waals surface area contributed by atoms with Gasteiger partial charge in [-0.2, -0.15) is 0 Å². The minimum absolute atomic E-state index is 0.0454. The van der Waals surface area contributed by atoms with E-state index in [0.717, 1.165) is 36.0 Å². The van der Waals surface area contributed by atoms with E-state index in [1.54, 1.807) is 6.07 Å². The van der Waals surface area contributed by atoms with Gasteiger partial charge < -0.3 is 14.6 Å². The Morgan fingerprint density at radius 3 is 2.67 bits per heavy atom. The standard InChI is InChI=1S/C23H32O4/c1-5-6-7-10-23(3,4)15-9-8-14(2)21-16(11-15)17-12-19(25)20(26)18(13-24)22(17)27-21/h12-15,25-26H,5-11H2,1-4H3/t14-,15-/m1/s1. The minimum atomic E-state index is -0.398. The van der Waals surface area contributed by atoms with Crippen LogP contribution in [0.15, 0.2) is 10.5 Å². The predicted octanol–water partition coefficient (Wildman–Crippen LogP) is 6.32. The van der Waals surface area contributed by atoms with E-state index in [0.29, 0.717) is 17.8 Å². The monoisotopic (exact) mass is 372 g/mol. The highest BCUT2D eigenvalue weighted by molar-refractivity contribution is 6.01. The molecule has 2 N–H and O–H groups in total. The number of fused-ring (bicyclic) bond motifs is 3. The minimum Gasteiger partial charge on any atom is -0.504 e. The molecule has 1 aliphatic rings. The molecule has 2 aromatic rings. The van der Waals surface area contributed by atoms with Gasteiger partial charge in [-0.1, -0.05) is 47.0 Å². The molecule has 148 valence electrons. The Labute approximate surface area is 161 Å². The number of phenolic OH excluding ortho intramolecular Hbond substituents is 2. The summed E-state index contributed by atoms with van der Waals surface area (Å²) in [6, 6.07) is 1.55. The molecule has 0 saturated carbocycles. The zero-order valence-electron chi connectivity index (χ0n) is 17.0. The van der Waals surface area contributed by atoms with Crippen LogP contribution in [-0.4, -0.2) is 16.5 Å². The van der Waals surface area contributed by atoms with E-state index < -0.39 is 5.75 Å². The van der Waals surface area contributed by atoms with Crippen LogP contribution in [0.2, 0.25) is 0 Å². The second kappa shape index (κ2) is 7.57. The van der Waals surface area contributed by atoms with Crippen molar-refractivity contribution in [3.63, 3.8) is 0 Å². The third-order valence-corrected chi connectivity index (χ3v) is 6.60. The van der Waals surface area contributed by atoms with Crippen LogP contribution >= 0.6 is 0 Å². The van der Waals surface area contributed by atoms with Gasteiger partial charge in [0.05, 0.1) is 0 Å². The summed E-state index contributed by atoms with van der Waals surface area (Å²) in [4.78, 5) is 11.5. The quantitative estimate of drug-likeness (QED) is 0.269. The number of carbonyl (C=O) groups excluding carboxylic acids is 1. The molecule has 0 saturated heterocycles. The van der Waals surface area contributed by atoms with E-state index in [4.69, 9.17) is 4.42 Å². The molecule has 27 heavy (non-hydrogen) atoms. The first kappa shape index (κ1) is 19.8. The predicted molar refractivity (Wildman–Crippen MR) is 108 cm³/mol. The Hall–Kier alpha value is -1.97. The first-order chi connectivity index (χ1) is 12.8. The van der Waals surface area contributed by atoms with Crippen LogP contribution < -0.4 is 0 Å². The summed E-state index contributed by atoms with van der Waals surface area (Å²) in [5, 5.41) is 20.9. The van der Waals surface area contributed by atoms with E-state index in [1.165, 1.54) is 25.7 Å². The topological polar surface area (TPSA) is 70.7 Å². The molecule has 1 aromatic heterocycles. The smallest absolute Gasteiger partial charge is 0.172 e. The zero-order chi connectivity index (χ0) is 19.8. The Morgan fingerprint density at radius 2 is 2.00 bits per heavy atom. The molecule has 0 radical (unpaired) electrons. The van der Waals surface area contributed by atoms with Crippen LogP contribution in [0.3, 0.4) is 0 Å². The molecule has 0 aliphatic heterocycles. The molecule has 0 amide bonds. The lowest BCUT2D eigenvalue weighted by Gasteiger charge is -2.34. The van der Waals surface area contributed by atoms with Gasteiger partial charge in [0.2, 0.25) is 0 Å². The molecule has 0 unspecified atom stereocenters. The normalized spacial score (nSPS) is 20.4. The highest BCUT2D eigenvalue weighted by Gasteiger charge is 2.35. The summed E-state index contributed by atoms with van der Waals surface area (Å²) in [6.07, 6.45) is 8.59. The van der Waals surface area contributed by atoms with Gasteiger partial charge in [0.1, 0.15) is 16.9 Å². The summed E-state index contributed by atoms with van der Waals surface area (Å²) in [5.41, 5.74) is 1.78. The molecule has 4 nitrogen and oxygen atoms in total. The molecule has 4 heteroatoms. The Kier molecular flexibility index (Phi) is 5.55. The lowest BCUT2D eigenvalue weighted by Crippen LogP contribution is -2.25. The fraction of sp³-hybridized carbons (Fsp3) is 0.609. The van der Waals surface area contributed by atoms with E-state index in [2.05, 4.69) is 27.7 Å². The third-order valence-electron chi connectivity index (χ3n) is 6.60. The lowest BCUT2D eigenvalue weighted by molar-refractivity contribution is 0.112. The second-order valence-electron chi connectivity index (χ2n) is 8.92. The Bertz CT molecular complexity index is 831. The lowest BCUT2D eigenvalue weighted by atomic mass is 9.71. The fourth-order valence-corrected chi connectivity index (χ4v) is 4.65. The Morgan fingerprint density at radius 1 is 1.26 bits per heavy atom. The number of aldehydes is 1. The highest BCUT2D eigenvalue weighted by Crippen LogP contribution is 2.48. The number of phenols is 2. The van der Waals surface area contributed by atoms with Crippen LogP contribution in [-0.2, 0) is 6.42 Å². The van der Waals surface area contributed by atoms with E-state index in [1.807, 2.05) is 0 Å². The number of benzene rings is 1. The van der Waals surface area contributed by atoms with Crippen molar-refractivity contribution in [2.45, 2.75) is 78.6 Å². The maximum absolute atomic E-state index is 11.5. The number of hydrogen-bond donors (Lipinski definition) is 2. The van der Waals surface area contributed by atoms with Crippen molar-refractivity contribution in [3.8, 4) is 11.5 Å². The summed E-state index contributed by atoms with van der Waals surface area (Å²) in [6.45, 7) is 9.13. The molecular formula is C23H32O4. The maximum Gasteiger partial charge on any atom is 0.172 e. The SMILES string of the molecule is CCCCCC(C)(C)[C@@H]1CC[C@@H](C)c2oc3c(C=O)c(O)c(O)cc3c2C1. The molecule has 0 spiro atoms. The van der Waals surface area contributed by atoms with Crippen molar-refractivity contribution in [1.82, 2.24) is 0 Å². The van der Waals surface area contributed by atoms with Crippen LogP contribution in [0, 0.1) is 11.3 Å². The van der Waals surface area contributed by atoms with Gasteiger partial charge in [0.25, 0.3) is 0 Å². The highest BCUT2D eigenvalue weighted by atomic mass is 16.3. The van der Waals surface area contributed by atoms with Crippen LogP contribution in [0.4, 0.5) is 0 Å². The van der Waals surface area contributed by atoms with Gasteiger partial charge in [0, 0.05) is 16.9 Å². The van der Waals surface area contributed by atoms with Gasteiger partial charge in [0.15, 0.2) is 17.8 Å². The van der Waals surface area contributed by atoms with Gasteiger partial charge in [-0.25, -0.2) is 0 Å². The molecule has 1 heterocycles. The molecule has 0 bridgehead atoms. The summed E-state index contributed by atoms with van der Waals surface area (Å²) in [5.74, 6) is 1.03. The average molecular weight is 373 g/mol. The van der Waals surface area contributed by atoms with Crippen LogP contribution in [0.5, 0.6) is 11.5 Å². The molecule has 3 rings (SSSR count). The molecule has 0 fully saturated rings. The number of hydrogen-bond acceptors (Lipinski definition) is 4. The molecule has 2 atom stereocenters. The second-order valence-corrected chi connectivity index (χ2v) is 8.92. The van der Waals surface area contributed by atoms with Crippen molar-refractivity contribution in [2.75, 3.05) is 0 Å². The number of carbonyl (C=O) groups is 1. The van der Waals surface area contributed by atoms with Crippen molar-refractivity contribution in [1.29, 1.82) is 0 Å². The maximum atomic E-state index is 11.5. The van der Waals surface area contributed by atoms with Gasteiger partial charge >= 0.3 is 0 Å². The molecular weight excluding hydrogens is 340 g/mol. The summed E-state index contributed by atoms with van der Waals surface area (Å²) in [7, 11) is 0. The van der Waals surface area contributed by atoms with Gasteiger partial charge in [-0.15, -0.1) is 0 Å². The average Bonchev–Trinajstić information content (AvgIpc) is 2.87. The molecule has 1 aliphatic carbocycles. The van der Waals surface area contributed by atoms with Gasteiger partial charge in [-0.3, -0.25) is 4.79 Å².